The van der Waals surface area contributed by atoms with E-state index < -0.39 is 30.1 Å². The van der Waals surface area contributed by atoms with Crippen LogP contribution in [-0.2, 0) is 9.53 Å². The first-order valence-electron chi connectivity index (χ1n) is 10.7. The van der Waals surface area contributed by atoms with Crippen molar-refractivity contribution >= 4 is 28.9 Å². The van der Waals surface area contributed by atoms with Crippen molar-refractivity contribution in [1.29, 1.82) is 0 Å². The van der Waals surface area contributed by atoms with Crippen LogP contribution in [-0.4, -0.2) is 44.7 Å². The summed E-state index contributed by atoms with van der Waals surface area (Å²) in [5.41, 5.74) is 0.932. The van der Waals surface area contributed by atoms with Gasteiger partial charge >= 0.3 is 0 Å². The maximum atomic E-state index is 14.7. The maximum absolute atomic E-state index is 14.7. The van der Waals surface area contributed by atoms with Crippen molar-refractivity contribution in [2.24, 2.45) is 0 Å². The molecule has 1 aliphatic rings. The number of para-hydroxylation sites is 2. The lowest BCUT2D eigenvalue weighted by Crippen LogP contribution is -2.36. The molecule has 2 amide bonds. The number of morpholine rings is 1. The van der Waals surface area contributed by atoms with Gasteiger partial charge in [-0.25, -0.2) is 8.78 Å². The number of hydrogen-bond donors (Lipinski definition) is 2. The summed E-state index contributed by atoms with van der Waals surface area (Å²) in [7, 11) is 0. The van der Waals surface area contributed by atoms with Crippen molar-refractivity contribution in [3.8, 4) is 5.75 Å². The van der Waals surface area contributed by atoms with Crippen molar-refractivity contribution in [2.45, 2.75) is 0 Å². The second kappa shape index (κ2) is 10.8. The number of carbonyl (C=O) groups is 2. The molecule has 0 bridgehead atoms. The van der Waals surface area contributed by atoms with E-state index in [1.807, 2.05) is 4.90 Å². The fourth-order valence-electron chi connectivity index (χ4n) is 3.52. The minimum absolute atomic E-state index is 0.0321. The molecule has 0 spiro atoms. The average molecular weight is 467 g/mol. The molecule has 0 radical (unpaired) electrons. The molecule has 34 heavy (non-hydrogen) atoms. The SMILES string of the molecule is O=C(COc1ccccc1C(=O)Nc1ccc(N2CCOCC2)c(F)c1)Nc1ccccc1F. The second-order valence-corrected chi connectivity index (χ2v) is 7.53. The van der Waals surface area contributed by atoms with E-state index in [-0.39, 0.29) is 22.7 Å². The molecule has 9 heteroatoms. The summed E-state index contributed by atoms with van der Waals surface area (Å²) < 4.78 is 39.2. The number of benzene rings is 3. The molecule has 3 aromatic carbocycles. The van der Waals surface area contributed by atoms with Crippen LogP contribution < -0.4 is 20.3 Å². The zero-order valence-electron chi connectivity index (χ0n) is 18.2. The fourth-order valence-corrected chi connectivity index (χ4v) is 3.52. The molecular formula is C25H23F2N3O4. The zero-order chi connectivity index (χ0) is 23.9. The summed E-state index contributed by atoms with van der Waals surface area (Å²) in [5, 5.41) is 5.07. The smallest absolute Gasteiger partial charge is 0.262 e. The van der Waals surface area contributed by atoms with Gasteiger partial charge in [0.05, 0.1) is 30.2 Å². The van der Waals surface area contributed by atoms with Gasteiger partial charge in [-0.15, -0.1) is 0 Å². The second-order valence-electron chi connectivity index (χ2n) is 7.53. The molecule has 1 saturated heterocycles. The summed E-state index contributed by atoms with van der Waals surface area (Å²) in [4.78, 5) is 26.9. The normalized spacial score (nSPS) is 13.3. The van der Waals surface area contributed by atoms with Crippen LogP contribution in [0.1, 0.15) is 10.4 Å². The van der Waals surface area contributed by atoms with Gasteiger partial charge in [-0.1, -0.05) is 24.3 Å². The van der Waals surface area contributed by atoms with E-state index in [1.54, 1.807) is 30.3 Å². The van der Waals surface area contributed by atoms with E-state index in [4.69, 9.17) is 9.47 Å². The standard InChI is InChI=1S/C25H23F2N3O4/c26-19-6-2-3-7-21(19)29-24(31)16-34-23-8-4-1-5-18(23)25(32)28-17-9-10-22(20(27)15-17)30-11-13-33-14-12-30/h1-10,15H,11-14,16H2,(H,28,32)(H,29,31). The number of amides is 2. The van der Waals surface area contributed by atoms with Crippen LogP contribution in [0.5, 0.6) is 5.75 Å². The topological polar surface area (TPSA) is 79.9 Å². The zero-order valence-corrected chi connectivity index (χ0v) is 18.2. The van der Waals surface area contributed by atoms with Gasteiger partial charge in [0.1, 0.15) is 17.4 Å². The van der Waals surface area contributed by atoms with E-state index in [0.717, 1.165) is 0 Å². The molecule has 0 aromatic heterocycles. The van der Waals surface area contributed by atoms with Gasteiger partial charge in [-0.2, -0.15) is 0 Å². The third-order valence-corrected chi connectivity index (χ3v) is 5.20. The van der Waals surface area contributed by atoms with Gasteiger partial charge in [0.25, 0.3) is 11.8 Å². The first kappa shape index (κ1) is 23.2. The predicted molar refractivity (Wildman–Crippen MR) is 124 cm³/mol. The van der Waals surface area contributed by atoms with Crippen molar-refractivity contribution in [2.75, 3.05) is 48.4 Å². The summed E-state index contributed by atoms with van der Waals surface area (Å²) in [6.45, 7) is 1.83. The van der Waals surface area contributed by atoms with Crippen molar-refractivity contribution in [1.82, 2.24) is 0 Å². The van der Waals surface area contributed by atoms with Crippen LogP contribution in [0, 0.1) is 11.6 Å². The first-order chi connectivity index (χ1) is 16.5. The van der Waals surface area contributed by atoms with Crippen LogP contribution in [0.2, 0.25) is 0 Å². The number of anilines is 3. The molecule has 176 valence electrons. The van der Waals surface area contributed by atoms with Crippen molar-refractivity contribution < 1.29 is 27.8 Å². The average Bonchev–Trinajstić information content (AvgIpc) is 2.85. The van der Waals surface area contributed by atoms with Gasteiger partial charge in [0.15, 0.2) is 6.61 Å². The highest BCUT2D eigenvalue weighted by Crippen LogP contribution is 2.25. The van der Waals surface area contributed by atoms with Gasteiger partial charge < -0.3 is 25.0 Å². The highest BCUT2D eigenvalue weighted by Gasteiger charge is 2.18. The molecule has 1 fully saturated rings. The fraction of sp³-hybridized carbons (Fsp3) is 0.200. The summed E-state index contributed by atoms with van der Waals surface area (Å²) in [6, 6.07) is 16.6. The minimum Gasteiger partial charge on any atom is -0.483 e. The molecule has 0 unspecified atom stereocenters. The Morgan fingerprint density at radius 2 is 1.65 bits per heavy atom. The Balaban J connectivity index is 1.40. The number of rotatable bonds is 7. The highest BCUT2D eigenvalue weighted by atomic mass is 19.1. The Hall–Kier alpha value is -3.98. The lowest BCUT2D eigenvalue weighted by molar-refractivity contribution is -0.118. The van der Waals surface area contributed by atoms with Gasteiger partial charge in [0, 0.05) is 18.8 Å². The van der Waals surface area contributed by atoms with E-state index in [2.05, 4.69) is 10.6 Å². The molecule has 4 rings (SSSR count). The first-order valence-corrected chi connectivity index (χ1v) is 10.7. The van der Waals surface area contributed by atoms with Crippen LogP contribution in [0.15, 0.2) is 66.7 Å². The maximum Gasteiger partial charge on any atom is 0.262 e. The summed E-state index contributed by atoms with van der Waals surface area (Å²) >= 11 is 0. The monoisotopic (exact) mass is 467 g/mol. The lowest BCUT2D eigenvalue weighted by Gasteiger charge is -2.29. The Bertz CT molecular complexity index is 1180. The Labute approximate surface area is 195 Å². The molecule has 1 aliphatic heterocycles. The molecule has 0 saturated carbocycles. The lowest BCUT2D eigenvalue weighted by atomic mass is 10.1. The van der Waals surface area contributed by atoms with E-state index in [0.29, 0.717) is 32.0 Å². The largest absolute Gasteiger partial charge is 0.483 e. The highest BCUT2D eigenvalue weighted by molar-refractivity contribution is 6.06. The van der Waals surface area contributed by atoms with Gasteiger partial charge in [-0.3, -0.25) is 9.59 Å². The summed E-state index contributed by atoms with van der Waals surface area (Å²) in [5.74, 6) is -1.96. The van der Waals surface area contributed by atoms with Crippen LogP contribution in [0.25, 0.3) is 0 Å². The van der Waals surface area contributed by atoms with Crippen LogP contribution in [0.4, 0.5) is 25.8 Å². The van der Waals surface area contributed by atoms with Crippen LogP contribution >= 0.6 is 0 Å². The van der Waals surface area contributed by atoms with Crippen molar-refractivity contribution in [3.63, 3.8) is 0 Å². The minimum atomic E-state index is -0.582. The number of hydrogen-bond acceptors (Lipinski definition) is 5. The molecule has 1 heterocycles. The number of halogens is 2. The molecule has 0 aliphatic carbocycles. The van der Waals surface area contributed by atoms with E-state index >= 15 is 0 Å². The Morgan fingerprint density at radius 3 is 2.41 bits per heavy atom. The quantitative estimate of drug-likeness (QED) is 0.548. The molecule has 2 N–H and O–H groups in total. The molecule has 0 atom stereocenters. The number of ether oxygens (including phenoxy) is 2. The summed E-state index contributed by atoms with van der Waals surface area (Å²) in [6.07, 6.45) is 0. The molecule has 3 aromatic rings. The van der Waals surface area contributed by atoms with Crippen molar-refractivity contribution in [3.05, 3.63) is 83.9 Å². The van der Waals surface area contributed by atoms with E-state index in [1.165, 1.54) is 36.4 Å². The number of nitrogens with zero attached hydrogens (tertiary/aromatic N) is 1. The molecular weight excluding hydrogens is 444 g/mol. The predicted octanol–water partition coefficient (Wildman–Crippen LogP) is 4.07. The van der Waals surface area contributed by atoms with E-state index in [9.17, 15) is 18.4 Å². The third kappa shape index (κ3) is 5.68. The number of carbonyl (C=O) groups excluding carboxylic acids is 2. The molecule has 7 nitrogen and oxygen atoms in total. The Morgan fingerprint density at radius 1 is 0.912 bits per heavy atom. The Kier molecular flexibility index (Phi) is 7.34. The number of nitrogens with one attached hydrogen (secondary N) is 2. The third-order valence-electron chi connectivity index (χ3n) is 5.20. The van der Waals surface area contributed by atoms with Crippen LogP contribution in [0.3, 0.4) is 0 Å². The van der Waals surface area contributed by atoms with Gasteiger partial charge in [-0.05, 0) is 42.5 Å². The van der Waals surface area contributed by atoms with Gasteiger partial charge in [0.2, 0.25) is 0 Å².